The monoisotopic (exact) mass is 500 g/mol. The van der Waals surface area contributed by atoms with Crippen molar-refractivity contribution in [3.05, 3.63) is 65.7 Å². The van der Waals surface area contributed by atoms with Crippen LogP contribution in [-0.2, 0) is 10.0 Å². The predicted octanol–water partition coefficient (Wildman–Crippen LogP) is 2.53. The number of sulfonamides is 1. The Morgan fingerprint density at radius 2 is 2.03 bits per heavy atom. The Balaban J connectivity index is 1.30. The summed E-state index contributed by atoms with van der Waals surface area (Å²) in [5.41, 5.74) is 2.39. The van der Waals surface area contributed by atoms with Crippen LogP contribution in [0.25, 0.3) is 11.2 Å². The van der Waals surface area contributed by atoms with Gasteiger partial charge in [-0.2, -0.15) is 19.2 Å². The van der Waals surface area contributed by atoms with E-state index in [0.29, 0.717) is 72.9 Å². The van der Waals surface area contributed by atoms with E-state index in [-0.39, 0.29) is 16.4 Å². The Bertz CT molecular complexity index is 1510. The number of hydrogen-bond acceptors (Lipinski definition) is 7. The molecule has 0 saturated carbocycles. The van der Waals surface area contributed by atoms with Crippen molar-refractivity contribution >= 4 is 40.4 Å². The lowest BCUT2D eigenvalue weighted by Crippen LogP contribution is -2.40. The molecule has 2 aromatic heterocycles. The SMILES string of the molecule is [B]c1cnn2c(NCC3CCN(S(=O)(=O)c4ccccc4C#N)CC3)cc(C3=C(O)CCC=C3)nc12. The van der Waals surface area contributed by atoms with Crippen molar-refractivity contribution in [2.24, 2.45) is 5.92 Å². The summed E-state index contributed by atoms with van der Waals surface area (Å²) in [4.78, 5) is 4.67. The minimum absolute atomic E-state index is 0.0568. The summed E-state index contributed by atoms with van der Waals surface area (Å²) in [5.74, 6) is 1.23. The molecule has 5 rings (SSSR count). The predicted molar refractivity (Wildman–Crippen MR) is 137 cm³/mol. The molecule has 11 heteroatoms. The van der Waals surface area contributed by atoms with Gasteiger partial charge < -0.3 is 10.4 Å². The van der Waals surface area contributed by atoms with E-state index in [2.05, 4.69) is 15.4 Å². The zero-order valence-corrected chi connectivity index (χ0v) is 20.4. The van der Waals surface area contributed by atoms with Gasteiger partial charge >= 0.3 is 0 Å². The van der Waals surface area contributed by atoms with Crippen molar-refractivity contribution in [2.75, 3.05) is 25.0 Å². The van der Waals surface area contributed by atoms with Crippen LogP contribution in [-0.4, -0.2) is 59.9 Å². The van der Waals surface area contributed by atoms with Gasteiger partial charge in [0.1, 0.15) is 25.5 Å². The number of aromatic nitrogens is 3. The van der Waals surface area contributed by atoms with E-state index < -0.39 is 10.0 Å². The molecule has 1 aliphatic carbocycles. The first kappa shape index (κ1) is 24.1. The van der Waals surface area contributed by atoms with Crippen LogP contribution in [0.4, 0.5) is 5.82 Å². The minimum atomic E-state index is -3.73. The first-order valence-corrected chi connectivity index (χ1v) is 13.3. The lowest BCUT2D eigenvalue weighted by molar-refractivity contribution is 0.282. The first-order chi connectivity index (χ1) is 17.4. The number of nitrogens with zero attached hydrogens (tertiary/aromatic N) is 5. The molecular formula is C25H25BN6O3S. The molecule has 3 aromatic rings. The Morgan fingerprint density at radius 3 is 2.78 bits per heavy atom. The third kappa shape index (κ3) is 4.50. The number of piperidine rings is 1. The van der Waals surface area contributed by atoms with E-state index >= 15 is 0 Å². The van der Waals surface area contributed by atoms with Crippen LogP contribution in [0.1, 0.15) is 36.9 Å². The second-order valence-electron chi connectivity index (χ2n) is 9.00. The maximum atomic E-state index is 13.1. The molecule has 2 radical (unpaired) electrons. The lowest BCUT2D eigenvalue weighted by Gasteiger charge is -2.31. The maximum absolute atomic E-state index is 13.1. The fraction of sp³-hybridized carbons (Fsp3) is 0.320. The van der Waals surface area contributed by atoms with Crippen molar-refractivity contribution in [3.8, 4) is 6.07 Å². The van der Waals surface area contributed by atoms with Crippen LogP contribution >= 0.6 is 0 Å². The Labute approximate surface area is 211 Å². The smallest absolute Gasteiger partial charge is 0.244 e. The van der Waals surface area contributed by atoms with E-state index in [9.17, 15) is 18.8 Å². The number of fused-ring (bicyclic) bond motifs is 1. The molecule has 2 aliphatic rings. The Hall–Kier alpha value is -3.62. The lowest BCUT2D eigenvalue weighted by atomic mass is 9.98. The molecule has 3 heterocycles. The fourth-order valence-corrected chi connectivity index (χ4v) is 6.27. The van der Waals surface area contributed by atoms with E-state index in [0.717, 1.165) is 6.42 Å². The third-order valence-corrected chi connectivity index (χ3v) is 8.65. The third-order valence-electron chi connectivity index (χ3n) is 6.69. The minimum Gasteiger partial charge on any atom is -0.512 e. The summed E-state index contributed by atoms with van der Waals surface area (Å²) in [6, 6.07) is 10.1. The van der Waals surface area contributed by atoms with E-state index in [4.69, 9.17) is 7.85 Å². The van der Waals surface area contributed by atoms with Crippen LogP contribution < -0.4 is 10.8 Å². The number of anilines is 1. The van der Waals surface area contributed by atoms with E-state index in [1.807, 2.05) is 24.3 Å². The summed E-state index contributed by atoms with van der Waals surface area (Å²) in [7, 11) is 2.36. The number of benzene rings is 1. The number of nitrogens with one attached hydrogen (secondary N) is 1. The standard InChI is InChI=1S/C25H25BN6O3S/c26-20-16-29-32-24(13-21(30-25(20)32)19-6-2-3-7-22(19)33)28-15-17-9-11-31(12-10-17)36(34,35)23-8-4-1-5-18(23)14-27/h1-2,4-6,8,13,16-17,28,33H,3,7,9-12,15H2. The van der Waals surface area contributed by atoms with Crippen molar-refractivity contribution < 1.29 is 13.5 Å². The van der Waals surface area contributed by atoms with Gasteiger partial charge in [0.25, 0.3) is 0 Å². The van der Waals surface area contributed by atoms with Crippen molar-refractivity contribution in [2.45, 2.75) is 30.6 Å². The largest absolute Gasteiger partial charge is 0.512 e. The summed E-state index contributed by atoms with van der Waals surface area (Å²) < 4.78 is 29.3. The first-order valence-electron chi connectivity index (χ1n) is 11.8. The second kappa shape index (κ2) is 9.80. The molecule has 1 fully saturated rings. The van der Waals surface area contributed by atoms with Crippen LogP contribution in [0.3, 0.4) is 0 Å². The van der Waals surface area contributed by atoms with Crippen LogP contribution in [0, 0.1) is 17.2 Å². The number of rotatable bonds is 6. The molecule has 9 nitrogen and oxygen atoms in total. The van der Waals surface area contributed by atoms with Gasteiger partial charge in [0.05, 0.1) is 16.2 Å². The molecule has 0 unspecified atom stereocenters. The van der Waals surface area contributed by atoms with Crippen LogP contribution in [0.2, 0.25) is 0 Å². The molecule has 1 aliphatic heterocycles. The molecule has 0 atom stereocenters. The molecular weight excluding hydrogens is 475 g/mol. The quantitative estimate of drug-likeness (QED) is 0.499. The highest BCUT2D eigenvalue weighted by Gasteiger charge is 2.31. The number of aliphatic hydroxyl groups is 1. The van der Waals surface area contributed by atoms with Crippen LogP contribution in [0.5, 0.6) is 0 Å². The number of allylic oxidation sites excluding steroid dienone is 4. The average Bonchev–Trinajstić information content (AvgIpc) is 3.28. The molecule has 0 amide bonds. The Morgan fingerprint density at radius 1 is 1.25 bits per heavy atom. The summed E-state index contributed by atoms with van der Waals surface area (Å²) in [5, 5.41) is 27.5. The van der Waals surface area contributed by atoms with Crippen molar-refractivity contribution in [1.82, 2.24) is 18.9 Å². The molecule has 1 aromatic carbocycles. The number of hydrogen-bond donors (Lipinski definition) is 2. The maximum Gasteiger partial charge on any atom is 0.244 e. The molecule has 182 valence electrons. The Kier molecular flexibility index (Phi) is 6.56. The van der Waals surface area contributed by atoms with E-state index in [1.165, 1.54) is 16.4 Å². The highest BCUT2D eigenvalue weighted by atomic mass is 32.2. The van der Waals surface area contributed by atoms with Gasteiger partial charge in [-0.25, -0.2) is 13.4 Å². The highest BCUT2D eigenvalue weighted by molar-refractivity contribution is 7.89. The van der Waals surface area contributed by atoms with Crippen LogP contribution in [0.15, 0.2) is 59.3 Å². The normalized spacial score (nSPS) is 17.4. The number of nitriles is 1. The number of aliphatic hydroxyl groups excluding tert-OH is 1. The second-order valence-corrected chi connectivity index (χ2v) is 10.9. The van der Waals surface area contributed by atoms with Gasteiger partial charge in [-0.3, -0.25) is 0 Å². The topological polar surface area (TPSA) is 124 Å². The molecule has 1 saturated heterocycles. The zero-order chi connectivity index (χ0) is 25.3. The van der Waals surface area contributed by atoms with Crippen molar-refractivity contribution in [1.29, 1.82) is 5.26 Å². The van der Waals surface area contributed by atoms with Gasteiger partial charge in [0, 0.05) is 43.9 Å². The zero-order valence-electron chi connectivity index (χ0n) is 19.6. The van der Waals surface area contributed by atoms with Gasteiger partial charge in [-0.05, 0) is 42.8 Å². The van der Waals surface area contributed by atoms with Gasteiger partial charge in [-0.1, -0.05) is 24.3 Å². The average molecular weight is 500 g/mol. The van der Waals surface area contributed by atoms with Gasteiger partial charge in [-0.15, -0.1) is 0 Å². The highest BCUT2D eigenvalue weighted by Crippen LogP contribution is 2.28. The molecule has 0 spiro atoms. The summed E-state index contributed by atoms with van der Waals surface area (Å²) in [6.45, 7) is 1.37. The molecule has 36 heavy (non-hydrogen) atoms. The summed E-state index contributed by atoms with van der Waals surface area (Å²) >= 11 is 0. The summed E-state index contributed by atoms with van der Waals surface area (Å²) in [6.07, 6.45) is 8.13. The van der Waals surface area contributed by atoms with E-state index in [1.54, 1.807) is 22.8 Å². The fourth-order valence-electron chi connectivity index (χ4n) is 4.65. The van der Waals surface area contributed by atoms with Gasteiger partial charge in [0.2, 0.25) is 10.0 Å². The molecule has 0 bridgehead atoms. The molecule has 2 N–H and O–H groups in total. The van der Waals surface area contributed by atoms with Crippen molar-refractivity contribution in [3.63, 3.8) is 0 Å². The van der Waals surface area contributed by atoms with Gasteiger partial charge in [0.15, 0.2) is 5.65 Å².